The topological polar surface area (TPSA) is 71.3 Å². The van der Waals surface area contributed by atoms with E-state index in [2.05, 4.69) is 5.32 Å². The van der Waals surface area contributed by atoms with Crippen LogP contribution in [0.1, 0.15) is 19.8 Å². The van der Waals surface area contributed by atoms with Crippen molar-refractivity contribution in [3.63, 3.8) is 0 Å². The lowest BCUT2D eigenvalue weighted by Crippen LogP contribution is -2.29. The van der Waals surface area contributed by atoms with Gasteiger partial charge in [-0.05, 0) is 37.1 Å². The van der Waals surface area contributed by atoms with Gasteiger partial charge in [0.2, 0.25) is 5.91 Å². The third-order valence-electron chi connectivity index (χ3n) is 3.37. The molecular formula is C15H18N2O3. The summed E-state index contributed by atoms with van der Waals surface area (Å²) in [5.41, 5.74) is 0.723. The smallest absolute Gasteiger partial charge is 0.230 e. The Hall–Kier alpha value is -2.06. The van der Waals surface area contributed by atoms with Gasteiger partial charge in [0.05, 0.1) is 12.0 Å². The van der Waals surface area contributed by atoms with Gasteiger partial charge >= 0.3 is 0 Å². The lowest BCUT2D eigenvalue weighted by Gasteiger charge is -2.16. The predicted molar refractivity (Wildman–Crippen MR) is 74.3 cm³/mol. The van der Waals surface area contributed by atoms with Crippen LogP contribution >= 0.6 is 0 Å². The number of rotatable bonds is 5. The highest BCUT2D eigenvalue weighted by molar-refractivity contribution is 5.93. The molecule has 1 aliphatic heterocycles. The number of nitrogens with zero attached hydrogens (tertiary/aromatic N) is 1. The Labute approximate surface area is 118 Å². The standard InChI is InChI=1S/C15H18N2O3/c1-2-14-13(7-9-20-14)15(18)17-11-3-5-12(6-4-11)19-10-8-16/h3-6,13-14H,2,7,9-10H2,1H3,(H,17,18). The minimum Gasteiger partial charge on any atom is -0.479 e. The summed E-state index contributed by atoms with van der Waals surface area (Å²) in [7, 11) is 0. The molecule has 0 aromatic heterocycles. The van der Waals surface area contributed by atoms with Crippen molar-refractivity contribution < 1.29 is 14.3 Å². The van der Waals surface area contributed by atoms with Crippen molar-refractivity contribution in [3.05, 3.63) is 24.3 Å². The van der Waals surface area contributed by atoms with E-state index in [4.69, 9.17) is 14.7 Å². The highest BCUT2D eigenvalue weighted by atomic mass is 16.5. The number of ether oxygens (including phenoxy) is 2. The van der Waals surface area contributed by atoms with Crippen LogP contribution in [0.4, 0.5) is 5.69 Å². The van der Waals surface area contributed by atoms with Gasteiger partial charge in [-0.25, -0.2) is 0 Å². The minimum atomic E-state index is -0.0745. The number of hydrogen-bond acceptors (Lipinski definition) is 4. The van der Waals surface area contributed by atoms with Gasteiger partial charge in [-0.3, -0.25) is 4.79 Å². The number of hydrogen-bond donors (Lipinski definition) is 1. The summed E-state index contributed by atoms with van der Waals surface area (Å²) < 4.78 is 10.7. The van der Waals surface area contributed by atoms with Gasteiger partial charge < -0.3 is 14.8 Å². The van der Waals surface area contributed by atoms with Gasteiger partial charge in [0.15, 0.2) is 6.61 Å². The Kier molecular flexibility index (Phi) is 4.97. The Morgan fingerprint density at radius 1 is 1.50 bits per heavy atom. The number of nitriles is 1. The zero-order valence-electron chi connectivity index (χ0n) is 11.5. The van der Waals surface area contributed by atoms with E-state index >= 15 is 0 Å². The third kappa shape index (κ3) is 3.49. The summed E-state index contributed by atoms with van der Waals surface area (Å²) in [6, 6.07) is 8.90. The van der Waals surface area contributed by atoms with Gasteiger partial charge in [0, 0.05) is 12.3 Å². The molecule has 0 spiro atoms. The second kappa shape index (κ2) is 6.92. The summed E-state index contributed by atoms with van der Waals surface area (Å²) >= 11 is 0. The lowest BCUT2D eigenvalue weighted by molar-refractivity contribution is -0.121. The summed E-state index contributed by atoms with van der Waals surface area (Å²) in [5.74, 6) is 0.537. The predicted octanol–water partition coefficient (Wildman–Crippen LogP) is 2.34. The summed E-state index contributed by atoms with van der Waals surface area (Å²) in [5, 5.41) is 11.3. The molecule has 0 saturated carbocycles. The Morgan fingerprint density at radius 3 is 2.90 bits per heavy atom. The monoisotopic (exact) mass is 274 g/mol. The highest BCUT2D eigenvalue weighted by Gasteiger charge is 2.32. The zero-order valence-corrected chi connectivity index (χ0v) is 11.5. The lowest BCUT2D eigenvalue weighted by atomic mass is 9.98. The fourth-order valence-electron chi connectivity index (χ4n) is 2.34. The Bertz CT molecular complexity index is 493. The van der Waals surface area contributed by atoms with Crippen LogP contribution < -0.4 is 10.1 Å². The first-order valence-electron chi connectivity index (χ1n) is 6.77. The van der Waals surface area contributed by atoms with E-state index in [0.29, 0.717) is 12.4 Å². The molecule has 1 fully saturated rings. The fraction of sp³-hybridized carbons (Fsp3) is 0.467. The quantitative estimate of drug-likeness (QED) is 0.894. The molecule has 1 N–H and O–H groups in total. The van der Waals surface area contributed by atoms with E-state index in [1.165, 1.54) is 0 Å². The van der Waals surface area contributed by atoms with Crippen molar-refractivity contribution in [2.75, 3.05) is 18.5 Å². The molecule has 1 amide bonds. The molecule has 0 aliphatic carbocycles. The van der Waals surface area contributed by atoms with Crippen molar-refractivity contribution >= 4 is 11.6 Å². The van der Waals surface area contributed by atoms with Crippen LogP contribution in [0.3, 0.4) is 0 Å². The molecule has 2 rings (SSSR count). The van der Waals surface area contributed by atoms with E-state index in [-0.39, 0.29) is 24.5 Å². The fourth-order valence-corrected chi connectivity index (χ4v) is 2.34. The van der Waals surface area contributed by atoms with Crippen LogP contribution in [0, 0.1) is 17.2 Å². The average Bonchev–Trinajstić information content (AvgIpc) is 2.95. The van der Waals surface area contributed by atoms with Crippen molar-refractivity contribution in [3.8, 4) is 11.8 Å². The van der Waals surface area contributed by atoms with Crippen molar-refractivity contribution in [2.45, 2.75) is 25.9 Å². The molecule has 0 radical (unpaired) electrons. The largest absolute Gasteiger partial charge is 0.479 e. The maximum Gasteiger partial charge on any atom is 0.230 e. The normalized spacial score (nSPS) is 21.2. The van der Waals surface area contributed by atoms with Crippen molar-refractivity contribution in [1.29, 1.82) is 5.26 Å². The van der Waals surface area contributed by atoms with Crippen LogP contribution in [-0.2, 0) is 9.53 Å². The molecule has 2 atom stereocenters. The average molecular weight is 274 g/mol. The van der Waals surface area contributed by atoms with E-state index < -0.39 is 0 Å². The Morgan fingerprint density at radius 2 is 2.25 bits per heavy atom. The summed E-state index contributed by atoms with van der Waals surface area (Å²) in [6.07, 6.45) is 1.64. The van der Waals surface area contributed by atoms with Crippen LogP contribution in [0.2, 0.25) is 0 Å². The second-order valence-electron chi connectivity index (χ2n) is 4.67. The first-order valence-corrected chi connectivity index (χ1v) is 6.77. The number of anilines is 1. The first-order chi connectivity index (χ1) is 9.74. The number of benzene rings is 1. The highest BCUT2D eigenvalue weighted by Crippen LogP contribution is 2.25. The number of amides is 1. The number of carbonyl (C=O) groups is 1. The zero-order chi connectivity index (χ0) is 14.4. The van der Waals surface area contributed by atoms with Crippen LogP contribution in [-0.4, -0.2) is 25.2 Å². The third-order valence-corrected chi connectivity index (χ3v) is 3.37. The Balaban J connectivity index is 1.92. The molecule has 0 bridgehead atoms. The van der Waals surface area contributed by atoms with Crippen LogP contribution in [0.5, 0.6) is 5.75 Å². The van der Waals surface area contributed by atoms with Gasteiger partial charge in [-0.15, -0.1) is 0 Å². The van der Waals surface area contributed by atoms with Gasteiger partial charge in [0.1, 0.15) is 11.8 Å². The molecule has 106 valence electrons. The van der Waals surface area contributed by atoms with E-state index in [9.17, 15) is 4.79 Å². The van der Waals surface area contributed by atoms with E-state index in [1.54, 1.807) is 24.3 Å². The van der Waals surface area contributed by atoms with E-state index in [0.717, 1.165) is 18.5 Å². The van der Waals surface area contributed by atoms with Crippen molar-refractivity contribution in [1.82, 2.24) is 0 Å². The molecule has 1 heterocycles. The maximum atomic E-state index is 12.2. The van der Waals surface area contributed by atoms with Crippen LogP contribution in [0.15, 0.2) is 24.3 Å². The molecule has 1 aromatic rings. The molecule has 20 heavy (non-hydrogen) atoms. The second-order valence-corrected chi connectivity index (χ2v) is 4.67. The summed E-state index contributed by atoms with van der Waals surface area (Å²) in [4.78, 5) is 12.2. The molecule has 5 heteroatoms. The molecule has 5 nitrogen and oxygen atoms in total. The van der Waals surface area contributed by atoms with Crippen LogP contribution in [0.25, 0.3) is 0 Å². The molecule has 1 aromatic carbocycles. The SMILES string of the molecule is CCC1OCCC1C(=O)Nc1ccc(OCC#N)cc1. The van der Waals surface area contributed by atoms with Gasteiger partial charge in [-0.1, -0.05) is 6.92 Å². The van der Waals surface area contributed by atoms with Crippen molar-refractivity contribution in [2.24, 2.45) is 5.92 Å². The van der Waals surface area contributed by atoms with Gasteiger partial charge in [0.25, 0.3) is 0 Å². The molecular weight excluding hydrogens is 256 g/mol. The number of nitrogens with one attached hydrogen (secondary N) is 1. The van der Waals surface area contributed by atoms with Gasteiger partial charge in [-0.2, -0.15) is 5.26 Å². The van der Waals surface area contributed by atoms with E-state index in [1.807, 2.05) is 13.0 Å². The summed E-state index contributed by atoms with van der Waals surface area (Å²) in [6.45, 7) is 2.69. The molecule has 2 unspecified atom stereocenters. The molecule has 1 aliphatic rings. The maximum absolute atomic E-state index is 12.2. The minimum absolute atomic E-state index is 0.0000400. The number of carbonyl (C=O) groups excluding carboxylic acids is 1. The molecule has 1 saturated heterocycles. The first kappa shape index (κ1) is 14.4.